The Bertz CT molecular complexity index is 719. The summed E-state index contributed by atoms with van der Waals surface area (Å²) in [7, 11) is 0. The van der Waals surface area contributed by atoms with E-state index in [0.29, 0.717) is 37.6 Å². The molecule has 1 aromatic carbocycles. The van der Waals surface area contributed by atoms with Crippen LogP contribution in [0.15, 0.2) is 42.6 Å². The van der Waals surface area contributed by atoms with Gasteiger partial charge in [0.25, 0.3) is 0 Å². The van der Waals surface area contributed by atoms with Crippen LogP contribution in [0.25, 0.3) is 0 Å². The quantitative estimate of drug-likeness (QED) is 0.863. The maximum atomic E-state index is 13.8. The van der Waals surface area contributed by atoms with Crippen molar-refractivity contribution >= 4 is 28.9 Å². The lowest BCUT2D eigenvalue weighted by Gasteiger charge is -2.35. The minimum absolute atomic E-state index is 0.135. The van der Waals surface area contributed by atoms with Gasteiger partial charge < -0.3 is 10.2 Å². The number of benzene rings is 1. The summed E-state index contributed by atoms with van der Waals surface area (Å²) >= 11 is 5.93. The molecule has 0 unspecified atom stereocenters. The molecule has 1 saturated heterocycles. The van der Waals surface area contributed by atoms with E-state index >= 15 is 0 Å². The molecule has 0 spiro atoms. The molecule has 126 valence electrons. The first-order valence-corrected chi connectivity index (χ1v) is 8.13. The number of hydrogen-bond acceptors (Lipinski definition) is 4. The molecule has 1 fully saturated rings. The number of piperazine rings is 1. The van der Waals surface area contributed by atoms with E-state index in [-0.39, 0.29) is 23.4 Å². The molecule has 1 aliphatic rings. The van der Waals surface area contributed by atoms with Gasteiger partial charge in [0.2, 0.25) is 5.91 Å². The predicted octanol–water partition coefficient (Wildman–Crippen LogP) is 2.63. The number of para-hydroxylation sites is 1. The Hall–Kier alpha value is -2.18. The molecule has 1 amide bonds. The first kappa shape index (κ1) is 16.7. The molecule has 2 aromatic rings. The van der Waals surface area contributed by atoms with E-state index in [1.165, 1.54) is 6.07 Å². The summed E-state index contributed by atoms with van der Waals surface area (Å²) in [5, 5.41) is 3.03. The van der Waals surface area contributed by atoms with E-state index in [4.69, 9.17) is 11.6 Å². The number of amides is 1. The lowest BCUT2D eigenvalue weighted by atomic mass is 10.2. The van der Waals surface area contributed by atoms with Crippen molar-refractivity contribution in [1.82, 2.24) is 9.88 Å². The number of carbonyl (C=O) groups excluding carboxylic acids is 1. The van der Waals surface area contributed by atoms with Gasteiger partial charge in [0, 0.05) is 32.4 Å². The Labute approximate surface area is 145 Å². The van der Waals surface area contributed by atoms with E-state index in [9.17, 15) is 9.18 Å². The average molecular weight is 349 g/mol. The van der Waals surface area contributed by atoms with E-state index in [1.54, 1.807) is 30.5 Å². The van der Waals surface area contributed by atoms with Gasteiger partial charge >= 0.3 is 0 Å². The zero-order valence-corrected chi connectivity index (χ0v) is 13.8. The highest BCUT2D eigenvalue weighted by atomic mass is 35.5. The third-order valence-corrected chi connectivity index (χ3v) is 4.27. The van der Waals surface area contributed by atoms with Crippen molar-refractivity contribution in [3.63, 3.8) is 0 Å². The lowest BCUT2D eigenvalue weighted by molar-refractivity contribution is -0.117. The van der Waals surface area contributed by atoms with Crippen molar-refractivity contribution in [2.24, 2.45) is 0 Å². The Morgan fingerprint density at radius 2 is 1.92 bits per heavy atom. The summed E-state index contributed by atoms with van der Waals surface area (Å²) in [4.78, 5) is 20.1. The van der Waals surface area contributed by atoms with Crippen molar-refractivity contribution in [2.75, 3.05) is 42.9 Å². The second-order valence-electron chi connectivity index (χ2n) is 5.60. The number of carbonyl (C=O) groups is 1. The van der Waals surface area contributed by atoms with Crippen LogP contribution >= 0.6 is 11.6 Å². The van der Waals surface area contributed by atoms with E-state index < -0.39 is 0 Å². The predicted molar refractivity (Wildman–Crippen MR) is 92.9 cm³/mol. The van der Waals surface area contributed by atoms with Crippen LogP contribution in [-0.4, -0.2) is 48.5 Å². The summed E-state index contributed by atoms with van der Waals surface area (Å²) in [6.07, 6.45) is 1.57. The topological polar surface area (TPSA) is 48.5 Å². The standard InChI is InChI=1S/C17H18ClFN4O/c18-17-14(5-3-7-20-17)21-16(24)12-22-8-10-23(11-9-22)15-6-2-1-4-13(15)19/h1-7H,8-12H2,(H,21,24). The number of anilines is 2. The van der Waals surface area contributed by atoms with E-state index in [0.717, 1.165) is 0 Å². The Kier molecular flexibility index (Phi) is 5.27. The number of pyridine rings is 1. The summed E-state index contributed by atoms with van der Waals surface area (Å²) in [5.41, 5.74) is 1.12. The first-order chi connectivity index (χ1) is 11.6. The van der Waals surface area contributed by atoms with Gasteiger partial charge in [-0.3, -0.25) is 9.69 Å². The summed E-state index contributed by atoms with van der Waals surface area (Å²) in [5.74, 6) is -0.348. The number of hydrogen-bond donors (Lipinski definition) is 1. The molecule has 0 aliphatic carbocycles. The van der Waals surface area contributed by atoms with Crippen molar-refractivity contribution < 1.29 is 9.18 Å². The SMILES string of the molecule is O=C(CN1CCN(c2ccccc2F)CC1)Nc1cccnc1Cl. The summed E-state index contributed by atoms with van der Waals surface area (Å²) in [6, 6.07) is 10.2. The van der Waals surface area contributed by atoms with Crippen LogP contribution in [0.4, 0.5) is 15.8 Å². The minimum atomic E-state index is -0.213. The molecule has 0 bridgehead atoms. The molecule has 1 N–H and O–H groups in total. The molecule has 0 saturated carbocycles. The maximum absolute atomic E-state index is 13.8. The minimum Gasteiger partial charge on any atom is -0.367 e. The second kappa shape index (κ2) is 7.59. The number of rotatable bonds is 4. The second-order valence-corrected chi connectivity index (χ2v) is 5.96. The molecule has 3 rings (SSSR count). The molecule has 2 heterocycles. The molecule has 1 aliphatic heterocycles. The highest BCUT2D eigenvalue weighted by molar-refractivity contribution is 6.32. The van der Waals surface area contributed by atoms with Gasteiger partial charge in [0.15, 0.2) is 5.15 Å². The van der Waals surface area contributed by atoms with Crippen LogP contribution in [0.2, 0.25) is 5.15 Å². The zero-order chi connectivity index (χ0) is 16.9. The number of aromatic nitrogens is 1. The van der Waals surface area contributed by atoms with Gasteiger partial charge in [0.05, 0.1) is 17.9 Å². The Morgan fingerprint density at radius 3 is 2.62 bits per heavy atom. The normalized spacial score (nSPS) is 15.3. The molecule has 1 aromatic heterocycles. The van der Waals surface area contributed by atoms with Crippen molar-refractivity contribution in [3.05, 3.63) is 53.6 Å². The molecule has 0 atom stereocenters. The lowest BCUT2D eigenvalue weighted by Crippen LogP contribution is -2.48. The van der Waals surface area contributed by atoms with Gasteiger partial charge in [-0.1, -0.05) is 23.7 Å². The highest BCUT2D eigenvalue weighted by Gasteiger charge is 2.21. The summed E-state index contributed by atoms with van der Waals surface area (Å²) < 4.78 is 13.8. The highest BCUT2D eigenvalue weighted by Crippen LogP contribution is 2.20. The third kappa shape index (κ3) is 4.01. The molecule has 0 radical (unpaired) electrons. The van der Waals surface area contributed by atoms with Gasteiger partial charge in [-0.05, 0) is 24.3 Å². The largest absolute Gasteiger partial charge is 0.367 e. The van der Waals surface area contributed by atoms with E-state index in [2.05, 4.69) is 10.3 Å². The van der Waals surface area contributed by atoms with Crippen molar-refractivity contribution in [1.29, 1.82) is 0 Å². The van der Waals surface area contributed by atoms with Gasteiger partial charge in [-0.15, -0.1) is 0 Å². The van der Waals surface area contributed by atoms with Gasteiger partial charge in [0.1, 0.15) is 5.82 Å². The molecule has 24 heavy (non-hydrogen) atoms. The molecule has 5 nitrogen and oxygen atoms in total. The van der Waals surface area contributed by atoms with Crippen LogP contribution in [0.5, 0.6) is 0 Å². The fourth-order valence-electron chi connectivity index (χ4n) is 2.73. The van der Waals surface area contributed by atoms with Crippen LogP contribution in [0, 0.1) is 5.82 Å². The maximum Gasteiger partial charge on any atom is 0.238 e. The molecular formula is C17H18ClFN4O. The Balaban J connectivity index is 1.51. The van der Waals surface area contributed by atoms with E-state index in [1.807, 2.05) is 15.9 Å². The first-order valence-electron chi connectivity index (χ1n) is 7.75. The molecule has 7 heteroatoms. The van der Waals surface area contributed by atoms with Crippen molar-refractivity contribution in [2.45, 2.75) is 0 Å². The van der Waals surface area contributed by atoms with Crippen LogP contribution in [-0.2, 0) is 4.79 Å². The summed E-state index contributed by atoms with van der Waals surface area (Å²) in [6.45, 7) is 3.03. The van der Waals surface area contributed by atoms with Crippen LogP contribution < -0.4 is 10.2 Å². The zero-order valence-electron chi connectivity index (χ0n) is 13.1. The average Bonchev–Trinajstić information content (AvgIpc) is 2.58. The number of halogens is 2. The fraction of sp³-hybridized carbons (Fsp3) is 0.294. The smallest absolute Gasteiger partial charge is 0.238 e. The third-order valence-electron chi connectivity index (χ3n) is 3.97. The van der Waals surface area contributed by atoms with Crippen molar-refractivity contribution in [3.8, 4) is 0 Å². The fourth-order valence-corrected chi connectivity index (χ4v) is 2.89. The number of nitrogens with zero attached hydrogens (tertiary/aromatic N) is 3. The van der Waals surface area contributed by atoms with Gasteiger partial charge in [-0.25, -0.2) is 9.37 Å². The van der Waals surface area contributed by atoms with Crippen LogP contribution in [0.3, 0.4) is 0 Å². The Morgan fingerprint density at radius 1 is 1.17 bits per heavy atom. The monoisotopic (exact) mass is 348 g/mol. The molecular weight excluding hydrogens is 331 g/mol. The van der Waals surface area contributed by atoms with Gasteiger partial charge in [-0.2, -0.15) is 0 Å². The number of nitrogens with one attached hydrogen (secondary N) is 1. The van der Waals surface area contributed by atoms with Crippen LogP contribution in [0.1, 0.15) is 0 Å².